The topological polar surface area (TPSA) is 9.86 Å². The van der Waals surface area contributed by atoms with Gasteiger partial charge < -0.3 is 9.13 Å². The van der Waals surface area contributed by atoms with Gasteiger partial charge in [-0.25, -0.2) is 10.0 Å². The fourth-order valence-electron chi connectivity index (χ4n) is 10.7. The fraction of sp³-hybridized carbons (Fsp3) is 0.100. The van der Waals surface area contributed by atoms with E-state index in [1.807, 2.05) is 0 Å². The van der Waals surface area contributed by atoms with E-state index in [1.54, 1.807) is 0 Å². The normalized spacial score (nSPS) is 15.7. The summed E-state index contributed by atoms with van der Waals surface area (Å²) in [4.78, 5) is 1.48. The zero-order chi connectivity index (χ0) is 42.5. The molecule has 0 spiro atoms. The molecule has 0 amide bonds. The highest BCUT2D eigenvalue weighted by molar-refractivity contribution is 8.32. The Bertz CT molecular complexity index is 3690. The van der Waals surface area contributed by atoms with Gasteiger partial charge in [-0.3, -0.25) is 0 Å². The summed E-state index contributed by atoms with van der Waals surface area (Å²) in [6.45, 7) is 2.44. The molecule has 1 unspecified atom stereocenters. The molecule has 3 heteroatoms. The van der Waals surface area contributed by atoms with Crippen LogP contribution in [-0.2, 0) is 5.41 Å². The van der Waals surface area contributed by atoms with Gasteiger partial charge in [-0.15, -0.1) is 0 Å². The van der Waals surface area contributed by atoms with Crippen molar-refractivity contribution in [3.05, 3.63) is 212 Å². The molecule has 0 aliphatic heterocycles. The highest BCUT2D eigenvalue weighted by atomic mass is 32.3. The van der Waals surface area contributed by atoms with Crippen molar-refractivity contribution in [1.82, 2.24) is 9.13 Å². The molecule has 9 aromatic carbocycles. The van der Waals surface area contributed by atoms with Crippen molar-refractivity contribution in [3.8, 4) is 33.6 Å². The van der Waals surface area contributed by atoms with E-state index < -0.39 is 10.0 Å². The van der Waals surface area contributed by atoms with Gasteiger partial charge in [0, 0.05) is 38.3 Å². The Morgan fingerprint density at radius 2 is 0.857 bits per heavy atom. The molecule has 0 radical (unpaired) electrons. The molecule has 1 atom stereocenters. The van der Waals surface area contributed by atoms with Gasteiger partial charge in [-0.1, -0.05) is 140 Å². The number of benzene rings is 9. The van der Waals surface area contributed by atoms with Crippen LogP contribution in [0.25, 0.3) is 98.8 Å². The lowest BCUT2D eigenvalue weighted by atomic mass is 9.75. The third-order valence-electron chi connectivity index (χ3n) is 13.6. The predicted molar refractivity (Wildman–Crippen MR) is 275 cm³/mol. The maximum atomic E-state index is 2.61. The minimum absolute atomic E-state index is 0.132. The summed E-state index contributed by atoms with van der Waals surface area (Å²) in [5, 5.41) is 10.2. The van der Waals surface area contributed by atoms with Gasteiger partial charge >= 0.3 is 0 Å². The number of rotatable bonds is 6. The Labute approximate surface area is 370 Å². The molecule has 0 saturated carbocycles. The number of aromatic nitrogens is 2. The van der Waals surface area contributed by atoms with Gasteiger partial charge in [0.25, 0.3) is 0 Å². The van der Waals surface area contributed by atoms with Crippen LogP contribution in [0.5, 0.6) is 0 Å². The molecule has 1 aliphatic carbocycles. The van der Waals surface area contributed by atoms with E-state index in [0.717, 1.165) is 6.42 Å². The first-order chi connectivity index (χ1) is 30.8. The largest absolute Gasteiger partial charge is 0.309 e. The van der Waals surface area contributed by atoms with Crippen LogP contribution in [0.4, 0.5) is 0 Å². The first-order valence-corrected chi connectivity index (χ1v) is 24.9. The Morgan fingerprint density at radius 3 is 1.33 bits per heavy atom. The van der Waals surface area contributed by atoms with Gasteiger partial charge in [-0.05, 0) is 152 Å². The Morgan fingerprint density at radius 1 is 0.413 bits per heavy atom. The maximum Gasteiger partial charge on any atom is 0.0541 e. The predicted octanol–water partition coefficient (Wildman–Crippen LogP) is 16.3. The van der Waals surface area contributed by atoms with Crippen molar-refractivity contribution < 1.29 is 0 Å². The number of hydrogen-bond donors (Lipinski definition) is 0. The highest BCUT2D eigenvalue weighted by Gasteiger charge is 2.31. The number of hydrogen-bond acceptors (Lipinski definition) is 0. The van der Waals surface area contributed by atoms with Crippen LogP contribution in [0.15, 0.2) is 211 Å². The van der Waals surface area contributed by atoms with E-state index in [9.17, 15) is 0 Å². The third-order valence-corrected chi connectivity index (χ3v) is 15.3. The van der Waals surface area contributed by atoms with Gasteiger partial charge in [0.2, 0.25) is 0 Å². The lowest BCUT2D eigenvalue weighted by Gasteiger charge is -2.37. The molecule has 304 valence electrons. The van der Waals surface area contributed by atoms with Crippen LogP contribution in [0.1, 0.15) is 18.9 Å². The molecule has 0 fully saturated rings. The van der Waals surface area contributed by atoms with Crippen LogP contribution >= 0.6 is 10.0 Å². The van der Waals surface area contributed by atoms with Crippen LogP contribution in [0, 0.1) is 0 Å². The standard InChI is InChI=1S/C60H48N2S/c1-60(34-18-7-19-35-60)52-38-50-51(39-57(52)63(2,3)4)59(41-31-33-56-49(37-41)45-25-15-17-29-54(45)62(56)43-22-10-6-11-23-43)47-27-13-12-26-46(47)58(50)40-30-32-55-48(36-40)44-24-14-16-28-53(44)61(55)42-20-8-5-9-21-42/h5-34,36-39H,35H2,1-4H3. The van der Waals surface area contributed by atoms with E-state index in [1.165, 1.54) is 109 Å². The van der Waals surface area contributed by atoms with Crippen molar-refractivity contribution in [2.24, 2.45) is 0 Å². The minimum atomic E-state index is -1.17. The molecule has 63 heavy (non-hydrogen) atoms. The van der Waals surface area contributed by atoms with Crippen LogP contribution in [0.3, 0.4) is 0 Å². The monoisotopic (exact) mass is 828 g/mol. The summed E-state index contributed by atoms with van der Waals surface area (Å²) >= 11 is 0. The number of para-hydroxylation sites is 4. The van der Waals surface area contributed by atoms with Crippen molar-refractivity contribution in [3.63, 3.8) is 0 Å². The number of fused-ring (bicyclic) bond motifs is 8. The van der Waals surface area contributed by atoms with Crippen LogP contribution in [-0.4, -0.2) is 27.9 Å². The molecule has 0 N–H and O–H groups in total. The molecule has 2 nitrogen and oxygen atoms in total. The van der Waals surface area contributed by atoms with Crippen molar-refractivity contribution in [1.29, 1.82) is 0 Å². The van der Waals surface area contributed by atoms with Gasteiger partial charge in [0.1, 0.15) is 0 Å². The van der Waals surface area contributed by atoms with E-state index in [4.69, 9.17) is 0 Å². The van der Waals surface area contributed by atoms with Crippen molar-refractivity contribution in [2.45, 2.75) is 23.7 Å². The number of nitrogens with zero attached hydrogens (tertiary/aromatic N) is 2. The number of allylic oxidation sites excluding steroid dienone is 4. The average Bonchev–Trinajstić information content (AvgIpc) is 3.83. The molecular formula is C60H48N2S. The molecule has 12 rings (SSSR count). The third kappa shape index (κ3) is 5.87. The molecule has 0 bridgehead atoms. The fourth-order valence-corrected chi connectivity index (χ4v) is 12.1. The van der Waals surface area contributed by atoms with E-state index >= 15 is 0 Å². The van der Waals surface area contributed by atoms with Crippen LogP contribution in [0.2, 0.25) is 0 Å². The van der Waals surface area contributed by atoms with Crippen molar-refractivity contribution in [2.75, 3.05) is 18.8 Å². The molecular weight excluding hydrogens is 781 g/mol. The van der Waals surface area contributed by atoms with Gasteiger partial charge in [0.05, 0.1) is 22.1 Å². The molecule has 0 saturated heterocycles. The average molecular weight is 829 g/mol. The Hall–Kier alpha value is -7.07. The quantitative estimate of drug-likeness (QED) is 0.148. The van der Waals surface area contributed by atoms with E-state index in [2.05, 4.69) is 241 Å². The molecule has 11 aromatic rings. The zero-order valence-electron chi connectivity index (χ0n) is 36.1. The summed E-state index contributed by atoms with van der Waals surface area (Å²) < 4.78 is 4.83. The van der Waals surface area contributed by atoms with Crippen molar-refractivity contribution >= 4 is 75.2 Å². The highest BCUT2D eigenvalue weighted by Crippen LogP contribution is 2.55. The smallest absolute Gasteiger partial charge is 0.0541 e. The van der Waals surface area contributed by atoms with Gasteiger partial charge in [0.15, 0.2) is 0 Å². The summed E-state index contributed by atoms with van der Waals surface area (Å²) in [7, 11) is -1.17. The lowest BCUT2D eigenvalue weighted by molar-refractivity contribution is 0.588. The second-order valence-corrected chi connectivity index (χ2v) is 22.4. The van der Waals surface area contributed by atoms with Gasteiger partial charge in [-0.2, -0.15) is 0 Å². The molecule has 2 aromatic heterocycles. The van der Waals surface area contributed by atoms with E-state index in [0.29, 0.717) is 0 Å². The summed E-state index contributed by atoms with van der Waals surface area (Å²) in [5.41, 5.74) is 13.6. The Kier molecular flexibility index (Phi) is 8.51. The Balaban J connectivity index is 1.20. The molecule has 2 heterocycles. The second kappa shape index (κ2) is 14.2. The SMILES string of the molecule is CC1(c2cc3c(-c4ccc5c(c4)c4ccccc4n5-c4ccccc4)c4ccccc4c(-c4ccc5c(c4)c4ccccc4n5-c4ccccc4)c3cc2S(C)(C)C)C=CC=CC1. The molecule has 1 aliphatic rings. The second-order valence-electron chi connectivity index (χ2n) is 18.3. The maximum absolute atomic E-state index is 2.61. The first kappa shape index (κ1) is 37.7. The van der Waals surface area contributed by atoms with E-state index in [-0.39, 0.29) is 5.41 Å². The zero-order valence-corrected chi connectivity index (χ0v) is 37.0. The van der Waals surface area contributed by atoms with Crippen LogP contribution < -0.4 is 0 Å². The summed E-state index contributed by atoms with van der Waals surface area (Å²) in [5.74, 6) is 0. The summed E-state index contributed by atoms with van der Waals surface area (Å²) in [6.07, 6.45) is 17.6. The lowest BCUT2D eigenvalue weighted by Crippen LogP contribution is -2.22. The summed E-state index contributed by atoms with van der Waals surface area (Å²) in [6, 6.07) is 68.1. The first-order valence-electron chi connectivity index (χ1n) is 22.0. The minimum Gasteiger partial charge on any atom is -0.309 e.